The Morgan fingerprint density at radius 3 is 2.44 bits per heavy atom. The van der Waals surface area contributed by atoms with Crippen molar-refractivity contribution in [1.29, 1.82) is 0 Å². The van der Waals surface area contributed by atoms with Gasteiger partial charge in [0.1, 0.15) is 5.76 Å². The first kappa shape index (κ1) is 21.5. The van der Waals surface area contributed by atoms with Crippen molar-refractivity contribution < 1.29 is 9.32 Å². The van der Waals surface area contributed by atoms with Crippen molar-refractivity contribution in [2.75, 3.05) is 26.0 Å². The number of aromatic nitrogens is 1. The van der Waals surface area contributed by atoms with Crippen LogP contribution in [0.5, 0.6) is 0 Å². The van der Waals surface area contributed by atoms with Gasteiger partial charge in [0.05, 0.1) is 10.0 Å². The van der Waals surface area contributed by atoms with E-state index in [1.54, 1.807) is 30.0 Å². The molecule has 27 heavy (non-hydrogen) atoms. The molecular weight excluding hydrogens is 387 g/mol. The summed E-state index contributed by atoms with van der Waals surface area (Å²) in [6, 6.07) is 7.02. The molecule has 1 N–H and O–H groups in total. The maximum atomic E-state index is 12.9. The second-order valence-corrected chi connectivity index (χ2v) is 7.97. The Labute approximate surface area is 170 Å². The minimum Gasteiger partial charge on any atom is -0.360 e. The topological polar surface area (TPSA) is 61.6 Å². The number of nitrogens with zero attached hydrogens (tertiary/aromatic N) is 3. The molecule has 0 saturated heterocycles. The van der Waals surface area contributed by atoms with Crippen LogP contribution in [-0.2, 0) is 6.54 Å². The fourth-order valence-corrected chi connectivity index (χ4v) is 3.21. The van der Waals surface area contributed by atoms with Gasteiger partial charge in [-0.2, -0.15) is 0 Å². The molecule has 0 bridgehead atoms. The summed E-state index contributed by atoms with van der Waals surface area (Å²) in [5.41, 5.74) is 0.900. The summed E-state index contributed by atoms with van der Waals surface area (Å²) in [5.74, 6) is 1.40. The van der Waals surface area contributed by atoms with Crippen LogP contribution in [0.2, 0.25) is 10.0 Å². The van der Waals surface area contributed by atoms with Crippen molar-refractivity contribution in [2.24, 2.45) is 5.92 Å². The predicted molar refractivity (Wildman–Crippen MR) is 109 cm³/mol. The van der Waals surface area contributed by atoms with E-state index >= 15 is 0 Å². The Kier molecular flexibility index (Phi) is 7.53. The molecule has 0 aliphatic rings. The fourth-order valence-electron chi connectivity index (χ4n) is 2.89. The number of hydrogen-bond donors (Lipinski definition) is 1. The van der Waals surface area contributed by atoms with Gasteiger partial charge in [0, 0.05) is 25.2 Å². The standard InChI is InChI=1S/C19H26Cl2N4O2/c1-12(2)17(24(4)5)11-25(10-14-6-7-15(20)16(21)9-14)19(26)22-18-8-13(3)27-23-18/h6-9,12,17H,10-11H2,1-5H3,(H,22,23,26)/t17-/m1/s1. The van der Waals surface area contributed by atoms with E-state index in [0.29, 0.717) is 40.6 Å². The first-order chi connectivity index (χ1) is 12.7. The molecule has 2 rings (SSSR count). The normalized spacial score (nSPS) is 12.5. The van der Waals surface area contributed by atoms with Gasteiger partial charge in [-0.3, -0.25) is 5.32 Å². The second kappa shape index (κ2) is 9.44. The van der Waals surface area contributed by atoms with Crippen molar-refractivity contribution >= 4 is 35.1 Å². The number of carbonyl (C=O) groups excluding carboxylic acids is 1. The van der Waals surface area contributed by atoms with Crippen LogP contribution in [0.3, 0.4) is 0 Å². The van der Waals surface area contributed by atoms with Gasteiger partial charge in [-0.25, -0.2) is 4.79 Å². The average Bonchev–Trinajstić information content (AvgIpc) is 2.98. The first-order valence-corrected chi connectivity index (χ1v) is 9.52. The van der Waals surface area contributed by atoms with Crippen LogP contribution in [0.4, 0.5) is 10.6 Å². The number of hydrogen-bond acceptors (Lipinski definition) is 4. The summed E-state index contributed by atoms with van der Waals surface area (Å²) in [4.78, 5) is 16.8. The molecule has 0 fully saturated rings. The van der Waals surface area contributed by atoms with Gasteiger partial charge in [0.25, 0.3) is 0 Å². The Balaban J connectivity index is 2.22. The van der Waals surface area contributed by atoms with Gasteiger partial charge in [-0.05, 0) is 44.6 Å². The van der Waals surface area contributed by atoms with E-state index in [0.717, 1.165) is 5.56 Å². The number of urea groups is 1. The van der Waals surface area contributed by atoms with E-state index in [1.807, 2.05) is 20.2 Å². The summed E-state index contributed by atoms with van der Waals surface area (Å²) in [5, 5.41) is 7.59. The molecule has 0 spiro atoms. The third kappa shape index (κ3) is 6.13. The lowest BCUT2D eigenvalue weighted by Gasteiger charge is -2.33. The summed E-state index contributed by atoms with van der Waals surface area (Å²) in [6.07, 6.45) is 0. The molecule has 1 aromatic carbocycles. The Hall–Kier alpha value is -1.76. The third-order valence-corrected chi connectivity index (χ3v) is 5.09. The molecule has 1 aromatic heterocycles. The number of amides is 2. The molecule has 0 saturated carbocycles. The first-order valence-electron chi connectivity index (χ1n) is 8.77. The molecule has 0 aliphatic heterocycles. The van der Waals surface area contributed by atoms with Crippen LogP contribution in [0, 0.1) is 12.8 Å². The summed E-state index contributed by atoms with van der Waals surface area (Å²) >= 11 is 12.1. The number of carbonyl (C=O) groups is 1. The van der Waals surface area contributed by atoms with Gasteiger partial charge in [0.15, 0.2) is 5.82 Å². The summed E-state index contributed by atoms with van der Waals surface area (Å²) < 4.78 is 5.03. The maximum absolute atomic E-state index is 12.9. The highest BCUT2D eigenvalue weighted by molar-refractivity contribution is 6.42. The van der Waals surface area contributed by atoms with Crippen LogP contribution >= 0.6 is 23.2 Å². The van der Waals surface area contributed by atoms with E-state index in [-0.39, 0.29) is 12.1 Å². The van der Waals surface area contributed by atoms with Crippen LogP contribution < -0.4 is 5.32 Å². The highest BCUT2D eigenvalue weighted by atomic mass is 35.5. The van der Waals surface area contributed by atoms with E-state index in [1.165, 1.54) is 0 Å². The molecule has 0 radical (unpaired) electrons. The average molecular weight is 413 g/mol. The van der Waals surface area contributed by atoms with Crippen molar-refractivity contribution in [2.45, 2.75) is 33.4 Å². The van der Waals surface area contributed by atoms with Crippen molar-refractivity contribution in [3.05, 3.63) is 45.6 Å². The minimum absolute atomic E-state index is 0.192. The summed E-state index contributed by atoms with van der Waals surface area (Å²) in [6.45, 7) is 7.00. The number of likely N-dealkylation sites (N-methyl/N-ethyl adjacent to an activating group) is 1. The Morgan fingerprint density at radius 2 is 1.93 bits per heavy atom. The second-order valence-electron chi connectivity index (χ2n) is 7.16. The molecular formula is C19H26Cl2N4O2. The van der Waals surface area contributed by atoms with E-state index < -0.39 is 0 Å². The number of anilines is 1. The maximum Gasteiger partial charge on any atom is 0.323 e. The number of aryl methyl sites for hydroxylation is 1. The third-order valence-electron chi connectivity index (χ3n) is 4.35. The minimum atomic E-state index is -0.248. The predicted octanol–water partition coefficient (Wildman–Crippen LogP) is 4.91. The van der Waals surface area contributed by atoms with Crippen LogP contribution in [0.25, 0.3) is 0 Å². The molecule has 2 aromatic rings. The Bertz CT molecular complexity index is 769. The molecule has 6 nitrogen and oxygen atoms in total. The van der Waals surface area contributed by atoms with Gasteiger partial charge in [-0.15, -0.1) is 0 Å². The van der Waals surface area contributed by atoms with E-state index in [2.05, 4.69) is 29.2 Å². The zero-order valence-corrected chi connectivity index (χ0v) is 17.8. The SMILES string of the molecule is Cc1cc(NC(=O)N(Cc2ccc(Cl)c(Cl)c2)C[C@H](C(C)C)N(C)C)no1. The van der Waals surface area contributed by atoms with Crippen LogP contribution in [0.1, 0.15) is 25.2 Å². The number of benzene rings is 1. The molecule has 148 valence electrons. The molecule has 0 unspecified atom stereocenters. The van der Waals surface area contributed by atoms with Gasteiger partial charge in [-0.1, -0.05) is 48.3 Å². The van der Waals surface area contributed by atoms with Crippen molar-refractivity contribution in [3.8, 4) is 0 Å². The number of rotatable bonds is 7. The zero-order valence-electron chi connectivity index (χ0n) is 16.3. The highest BCUT2D eigenvalue weighted by Crippen LogP contribution is 2.24. The van der Waals surface area contributed by atoms with Gasteiger partial charge < -0.3 is 14.3 Å². The lowest BCUT2D eigenvalue weighted by atomic mass is 10.0. The smallest absolute Gasteiger partial charge is 0.323 e. The molecule has 1 heterocycles. The van der Waals surface area contributed by atoms with Crippen LogP contribution in [0.15, 0.2) is 28.8 Å². The van der Waals surface area contributed by atoms with E-state index in [4.69, 9.17) is 27.7 Å². The van der Waals surface area contributed by atoms with Crippen molar-refractivity contribution in [3.63, 3.8) is 0 Å². The molecule has 0 aliphatic carbocycles. The quantitative estimate of drug-likeness (QED) is 0.701. The van der Waals surface area contributed by atoms with E-state index in [9.17, 15) is 4.79 Å². The molecule has 1 atom stereocenters. The lowest BCUT2D eigenvalue weighted by molar-refractivity contribution is 0.155. The number of halogens is 2. The Morgan fingerprint density at radius 1 is 1.22 bits per heavy atom. The zero-order chi connectivity index (χ0) is 20.1. The largest absolute Gasteiger partial charge is 0.360 e. The van der Waals surface area contributed by atoms with Crippen molar-refractivity contribution in [1.82, 2.24) is 15.0 Å². The van der Waals surface area contributed by atoms with Crippen LogP contribution in [-0.4, -0.2) is 47.7 Å². The monoisotopic (exact) mass is 412 g/mol. The number of nitrogens with one attached hydrogen (secondary N) is 1. The van der Waals surface area contributed by atoms with Gasteiger partial charge in [0.2, 0.25) is 0 Å². The summed E-state index contributed by atoms with van der Waals surface area (Å²) in [7, 11) is 4.03. The fraction of sp³-hybridized carbons (Fsp3) is 0.474. The molecule has 2 amide bonds. The van der Waals surface area contributed by atoms with Gasteiger partial charge >= 0.3 is 6.03 Å². The highest BCUT2D eigenvalue weighted by Gasteiger charge is 2.24. The molecule has 8 heteroatoms. The lowest BCUT2D eigenvalue weighted by Crippen LogP contribution is -2.46.